The van der Waals surface area contributed by atoms with E-state index in [2.05, 4.69) is 15.1 Å². The van der Waals surface area contributed by atoms with E-state index in [1.165, 1.54) is 29.1 Å². The number of aromatic hydroxyl groups is 1. The maximum atomic E-state index is 15.0. The van der Waals surface area contributed by atoms with Gasteiger partial charge in [0.05, 0.1) is 23.0 Å². The Labute approximate surface area is 208 Å². The molecule has 1 N–H and O–H groups in total. The van der Waals surface area contributed by atoms with Crippen molar-refractivity contribution in [3.63, 3.8) is 0 Å². The lowest BCUT2D eigenvalue weighted by Crippen LogP contribution is -2.25. The zero-order valence-corrected chi connectivity index (χ0v) is 19.6. The summed E-state index contributed by atoms with van der Waals surface area (Å²) in [6, 6.07) is 17.1. The van der Waals surface area contributed by atoms with Gasteiger partial charge >= 0.3 is 0 Å². The fourth-order valence-corrected chi connectivity index (χ4v) is 4.71. The zero-order chi connectivity index (χ0) is 25.7. The monoisotopic (exact) mass is 495 g/mol. The highest BCUT2D eigenvalue weighted by atomic mass is 19.1. The van der Waals surface area contributed by atoms with Crippen molar-refractivity contribution in [3.8, 4) is 22.7 Å². The summed E-state index contributed by atoms with van der Waals surface area (Å²) in [5, 5.41) is 16.3. The van der Waals surface area contributed by atoms with Gasteiger partial charge in [0.25, 0.3) is 5.56 Å². The highest BCUT2D eigenvalue weighted by Gasteiger charge is 2.19. The Balaban J connectivity index is 1.61. The summed E-state index contributed by atoms with van der Waals surface area (Å²) >= 11 is 0. The first-order valence-corrected chi connectivity index (χ1v) is 11.5. The summed E-state index contributed by atoms with van der Waals surface area (Å²) in [6.07, 6.45) is 2.91. The summed E-state index contributed by atoms with van der Waals surface area (Å²) in [5.41, 5.74) is 2.17. The normalized spacial score (nSPS) is 11.4. The van der Waals surface area contributed by atoms with Crippen LogP contribution < -0.4 is 5.56 Å². The molecule has 0 unspecified atom stereocenters. The van der Waals surface area contributed by atoms with Crippen molar-refractivity contribution in [2.45, 2.75) is 13.5 Å². The number of phenolic OH excluding ortho intramolecular Hbond substituents is 1. The molecular weight excluding hydrogens is 476 g/mol. The molecule has 7 nitrogen and oxygen atoms in total. The second kappa shape index (κ2) is 8.63. The molecule has 0 aliphatic heterocycles. The number of pyridine rings is 1. The van der Waals surface area contributed by atoms with Crippen molar-refractivity contribution in [3.05, 3.63) is 112 Å². The van der Waals surface area contributed by atoms with Crippen LogP contribution in [0.5, 0.6) is 5.75 Å². The minimum atomic E-state index is -0.618. The van der Waals surface area contributed by atoms with Gasteiger partial charge in [-0.3, -0.25) is 9.36 Å². The molecule has 6 aromatic rings. The van der Waals surface area contributed by atoms with Crippen LogP contribution in [0.4, 0.5) is 8.78 Å². The summed E-state index contributed by atoms with van der Waals surface area (Å²) < 4.78 is 32.0. The van der Waals surface area contributed by atoms with Crippen molar-refractivity contribution in [2.75, 3.05) is 0 Å². The molecule has 0 fully saturated rings. The van der Waals surface area contributed by atoms with Crippen LogP contribution in [0.1, 0.15) is 11.3 Å². The maximum Gasteiger partial charge on any atom is 0.263 e. The molecule has 3 aromatic heterocycles. The maximum absolute atomic E-state index is 15.0. The van der Waals surface area contributed by atoms with E-state index >= 15 is 0 Å². The van der Waals surface area contributed by atoms with Gasteiger partial charge < -0.3 is 5.11 Å². The van der Waals surface area contributed by atoms with E-state index in [0.29, 0.717) is 38.8 Å². The molecule has 0 saturated carbocycles. The third-order valence-corrected chi connectivity index (χ3v) is 6.30. The molecule has 0 amide bonds. The number of aromatic nitrogens is 5. The summed E-state index contributed by atoms with van der Waals surface area (Å²) in [5.74, 6) is -1.40. The first-order valence-electron chi connectivity index (χ1n) is 11.5. The molecule has 0 saturated heterocycles. The van der Waals surface area contributed by atoms with Crippen molar-refractivity contribution in [1.29, 1.82) is 0 Å². The number of hydrogen-bond donors (Lipinski definition) is 1. The number of fused-ring (bicyclic) bond motifs is 2. The van der Waals surface area contributed by atoms with E-state index in [4.69, 9.17) is 0 Å². The zero-order valence-electron chi connectivity index (χ0n) is 19.6. The van der Waals surface area contributed by atoms with E-state index in [1.54, 1.807) is 29.1 Å². The van der Waals surface area contributed by atoms with Gasteiger partial charge in [-0.2, -0.15) is 5.10 Å². The molecule has 0 aliphatic carbocycles. The minimum Gasteiger partial charge on any atom is -0.508 e. The molecule has 3 aromatic carbocycles. The van der Waals surface area contributed by atoms with Gasteiger partial charge in [-0.25, -0.2) is 23.4 Å². The Bertz CT molecular complexity index is 1870. The Morgan fingerprint density at radius 2 is 1.84 bits per heavy atom. The van der Waals surface area contributed by atoms with Gasteiger partial charge in [0.2, 0.25) is 0 Å². The number of aryl methyl sites for hydroxylation is 1. The highest BCUT2D eigenvalue weighted by Crippen LogP contribution is 2.30. The highest BCUT2D eigenvalue weighted by molar-refractivity contribution is 5.91. The van der Waals surface area contributed by atoms with Crippen molar-refractivity contribution >= 4 is 21.8 Å². The molecule has 182 valence electrons. The quantitative estimate of drug-likeness (QED) is 0.366. The average molecular weight is 495 g/mol. The molecule has 0 spiro atoms. The lowest BCUT2D eigenvalue weighted by atomic mass is 10.1. The fraction of sp³-hybridized carbons (Fsp3) is 0.0714. The molecule has 9 heteroatoms. The smallest absolute Gasteiger partial charge is 0.263 e. The minimum absolute atomic E-state index is 0.0578. The van der Waals surface area contributed by atoms with Gasteiger partial charge in [0.15, 0.2) is 5.65 Å². The van der Waals surface area contributed by atoms with Gasteiger partial charge in [-0.1, -0.05) is 30.3 Å². The predicted molar refractivity (Wildman–Crippen MR) is 136 cm³/mol. The van der Waals surface area contributed by atoms with Crippen LogP contribution in [0, 0.1) is 18.6 Å². The second-order valence-electron chi connectivity index (χ2n) is 8.73. The number of hydrogen-bond acceptors (Lipinski definition) is 5. The lowest BCUT2D eigenvalue weighted by Gasteiger charge is -2.16. The van der Waals surface area contributed by atoms with Gasteiger partial charge in [-0.05, 0) is 48.2 Å². The van der Waals surface area contributed by atoms with Gasteiger partial charge in [-0.15, -0.1) is 0 Å². The third-order valence-electron chi connectivity index (χ3n) is 6.30. The molecule has 3 heterocycles. The molecule has 0 atom stereocenters. The molecule has 6 rings (SSSR count). The number of rotatable bonds is 4. The summed E-state index contributed by atoms with van der Waals surface area (Å²) in [4.78, 5) is 22.2. The Hall–Kier alpha value is -4.92. The van der Waals surface area contributed by atoms with Gasteiger partial charge in [0, 0.05) is 23.5 Å². The Morgan fingerprint density at radius 3 is 2.65 bits per heavy atom. The van der Waals surface area contributed by atoms with E-state index < -0.39 is 11.6 Å². The lowest BCUT2D eigenvalue weighted by molar-refractivity contribution is 0.469. The Kier molecular flexibility index (Phi) is 5.26. The number of halogens is 2. The second-order valence-corrected chi connectivity index (χ2v) is 8.73. The third kappa shape index (κ3) is 3.81. The largest absolute Gasteiger partial charge is 0.508 e. The van der Waals surface area contributed by atoms with E-state index in [9.17, 15) is 18.7 Å². The van der Waals surface area contributed by atoms with Crippen LogP contribution in [-0.2, 0) is 6.54 Å². The van der Waals surface area contributed by atoms with Crippen molar-refractivity contribution < 1.29 is 13.9 Å². The number of para-hydroxylation sites is 1. The standard InChI is InChI=1S/C28H19F2N5O2/c1-16-5-4-6-17-10-20(35(28(37)25(16)17)24-8-3-2-7-23(24)30)14-34-27-22(13-31-15-32-27)26(33-34)18-9-19(29)12-21(36)11-18/h2-13,15,36H,14H2,1H3. The topological polar surface area (TPSA) is 85.8 Å². The first-order chi connectivity index (χ1) is 17.9. The van der Waals surface area contributed by atoms with E-state index in [0.717, 1.165) is 11.6 Å². The van der Waals surface area contributed by atoms with Crippen molar-refractivity contribution in [2.24, 2.45) is 0 Å². The molecule has 37 heavy (non-hydrogen) atoms. The van der Waals surface area contributed by atoms with Gasteiger partial charge in [0.1, 0.15) is 29.4 Å². The number of phenols is 1. The predicted octanol–water partition coefficient (Wildman–Crippen LogP) is 5.14. The molecule has 0 radical (unpaired) electrons. The van der Waals surface area contributed by atoms with Crippen LogP contribution in [-0.4, -0.2) is 29.4 Å². The molecule has 0 bridgehead atoms. The summed E-state index contributed by atoms with van der Waals surface area (Å²) in [6.45, 7) is 1.90. The average Bonchev–Trinajstić information content (AvgIpc) is 3.23. The van der Waals surface area contributed by atoms with Crippen molar-refractivity contribution in [1.82, 2.24) is 24.3 Å². The number of nitrogens with zero attached hydrogens (tertiary/aromatic N) is 5. The summed E-state index contributed by atoms with van der Waals surface area (Å²) in [7, 11) is 0. The number of benzene rings is 3. The molecule has 0 aliphatic rings. The molecular formula is C28H19F2N5O2. The van der Waals surface area contributed by atoms with Crippen LogP contribution in [0.2, 0.25) is 0 Å². The van der Waals surface area contributed by atoms with E-state index in [1.807, 2.05) is 31.2 Å². The van der Waals surface area contributed by atoms with Crippen LogP contribution >= 0.6 is 0 Å². The van der Waals surface area contributed by atoms with Crippen LogP contribution in [0.25, 0.3) is 38.8 Å². The fourth-order valence-electron chi connectivity index (χ4n) is 4.71. The Morgan fingerprint density at radius 1 is 1.00 bits per heavy atom. The SMILES string of the molecule is Cc1cccc2cc(Cn3nc(-c4cc(O)cc(F)c4)c4cncnc43)n(-c3ccccc3F)c(=O)c12. The van der Waals surface area contributed by atoms with Crippen LogP contribution in [0.15, 0.2) is 84.0 Å². The first kappa shape index (κ1) is 22.5. The van der Waals surface area contributed by atoms with E-state index in [-0.39, 0.29) is 23.5 Å². The van der Waals surface area contributed by atoms with Crippen LogP contribution in [0.3, 0.4) is 0 Å².